The summed E-state index contributed by atoms with van der Waals surface area (Å²) in [6, 6.07) is 5.68. The summed E-state index contributed by atoms with van der Waals surface area (Å²) in [5.74, 6) is 0. The number of nitrogens with zero attached hydrogens (tertiary/aromatic N) is 2. The second-order valence-electron chi connectivity index (χ2n) is 6.12. The summed E-state index contributed by atoms with van der Waals surface area (Å²) in [5, 5.41) is 1.16. The Balaban J connectivity index is 1.84. The Kier molecular flexibility index (Phi) is 8.65. The highest BCUT2D eigenvalue weighted by atomic mass is 35.5. The van der Waals surface area contributed by atoms with E-state index in [1.165, 1.54) is 25.7 Å². The Bertz CT molecular complexity index is 587. The Hall–Kier alpha value is -1.03. The third-order valence-corrected chi connectivity index (χ3v) is 4.86. The number of benzene rings is 1. The van der Waals surface area contributed by atoms with E-state index in [0.717, 1.165) is 24.9 Å². The first-order valence-corrected chi connectivity index (χ1v) is 9.46. The quantitative estimate of drug-likeness (QED) is 0.445. The van der Waals surface area contributed by atoms with Gasteiger partial charge in [0.2, 0.25) is 0 Å². The minimum Gasteiger partial charge on any atom is -0.373 e. The standard InChI is InChI=1S/C19H26Cl2N2O/c1-2-3-4-5-6-17(9-11-23-12-10-22-15-23)24-14-16-7-8-18(20)19(21)13-16/h7-8,10,12-13,15,17H,2-6,9,11,14H2,1H3. The number of hydrogen-bond donors (Lipinski definition) is 0. The maximum Gasteiger partial charge on any atom is 0.0945 e. The van der Waals surface area contributed by atoms with Crippen molar-refractivity contribution in [1.29, 1.82) is 0 Å². The van der Waals surface area contributed by atoms with Crippen molar-refractivity contribution >= 4 is 23.2 Å². The molecular formula is C19H26Cl2N2O. The van der Waals surface area contributed by atoms with Crippen molar-refractivity contribution < 1.29 is 4.74 Å². The molecule has 0 aliphatic rings. The molecular weight excluding hydrogens is 343 g/mol. The maximum absolute atomic E-state index is 6.17. The lowest BCUT2D eigenvalue weighted by atomic mass is 10.1. The van der Waals surface area contributed by atoms with Crippen LogP contribution in [0.15, 0.2) is 36.9 Å². The predicted molar refractivity (Wildman–Crippen MR) is 101 cm³/mol. The number of aromatic nitrogens is 2. The zero-order valence-corrected chi connectivity index (χ0v) is 15.8. The normalized spacial score (nSPS) is 12.5. The van der Waals surface area contributed by atoms with Gasteiger partial charge >= 0.3 is 0 Å². The summed E-state index contributed by atoms with van der Waals surface area (Å²) >= 11 is 12.0. The van der Waals surface area contributed by atoms with Crippen molar-refractivity contribution in [3.63, 3.8) is 0 Å². The molecule has 1 heterocycles. The summed E-state index contributed by atoms with van der Waals surface area (Å²) < 4.78 is 8.26. The summed E-state index contributed by atoms with van der Waals surface area (Å²) in [6.07, 6.45) is 13.0. The highest BCUT2D eigenvalue weighted by Gasteiger charge is 2.10. The molecule has 3 nitrogen and oxygen atoms in total. The fraction of sp³-hybridized carbons (Fsp3) is 0.526. The Morgan fingerprint density at radius 3 is 2.71 bits per heavy atom. The lowest BCUT2D eigenvalue weighted by molar-refractivity contribution is 0.0250. The van der Waals surface area contributed by atoms with E-state index in [2.05, 4.69) is 16.5 Å². The highest BCUT2D eigenvalue weighted by Crippen LogP contribution is 2.23. The van der Waals surface area contributed by atoms with Crippen LogP contribution in [0, 0.1) is 0 Å². The van der Waals surface area contributed by atoms with Crippen molar-refractivity contribution in [3.8, 4) is 0 Å². The molecule has 0 fully saturated rings. The van der Waals surface area contributed by atoms with Crippen molar-refractivity contribution in [2.24, 2.45) is 0 Å². The van der Waals surface area contributed by atoms with Crippen LogP contribution in [0.5, 0.6) is 0 Å². The summed E-state index contributed by atoms with van der Waals surface area (Å²) in [6.45, 7) is 3.73. The van der Waals surface area contributed by atoms with Gasteiger partial charge in [0.15, 0.2) is 0 Å². The molecule has 1 aromatic heterocycles. The number of rotatable bonds is 11. The molecule has 2 rings (SSSR count). The van der Waals surface area contributed by atoms with Gasteiger partial charge < -0.3 is 9.30 Å². The topological polar surface area (TPSA) is 27.1 Å². The number of aryl methyl sites for hydroxylation is 1. The first-order valence-electron chi connectivity index (χ1n) is 8.70. The Morgan fingerprint density at radius 2 is 2.00 bits per heavy atom. The minimum absolute atomic E-state index is 0.249. The molecule has 132 valence electrons. The van der Waals surface area contributed by atoms with Gasteiger partial charge in [0.05, 0.1) is 29.1 Å². The number of hydrogen-bond acceptors (Lipinski definition) is 2. The monoisotopic (exact) mass is 368 g/mol. The average molecular weight is 369 g/mol. The van der Waals surface area contributed by atoms with E-state index >= 15 is 0 Å². The lowest BCUT2D eigenvalue weighted by Crippen LogP contribution is -2.16. The van der Waals surface area contributed by atoms with Crippen LogP contribution < -0.4 is 0 Å². The summed E-state index contributed by atoms with van der Waals surface area (Å²) in [7, 11) is 0. The highest BCUT2D eigenvalue weighted by molar-refractivity contribution is 6.42. The first-order chi connectivity index (χ1) is 11.7. The van der Waals surface area contributed by atoms with Crippen LogP contribution in [0.4, 0.5) is 0 Å². The smallest absolute Gasteiger partial charge is 0.0945 e. The molecule has 24 heavy (non-hydrogen) atoms. The number of imidazole rings is 1. The predicted octanol–water partition coefficient (Wildman–Crippen LogP) is 6.14. The van der Waals surface area contributed by atoms with Gasteiger partial charge in [0, 0.05) is 18.9 Å². The molecule has 0 saturated carbocycles. The van der Waals surface area contributed by atoms with Crippen molar-refractivity contribution in [1.82, 2.24) is 9.55 Å². The molecule has 0 N–H and O–H groups in total. The second kappa shape index (κ2) is 10.8. The van der Waals surface area contributed by atoms with E-state index in [1.54, 1.807) is 0 Å². The van der Waals surface area contributed by atoms with Gasteiger partial charge in [0.25, 0.3) is 0 Å². The van der Waals surface area contributed by atoms with E-state index < -0.39 is 0 Å². The molecule has 0 aliphatic carbocycles. The van der Waals surface area contributed by atoms with E-state index in [1.807, 2.05) is 36.9 Å². The molecule has 0 bridgehead atoms. The summed E-state index contributed by atoms with van der Waals surface area (Å²) in [4.78, 5) is 4.09. The van der Waals surface area contributed by atoms with E-state index in [-0.39, 0.29) is 6.10 Å². The number of halogens is 2. The van der Waals surface area contributed by atoms with Gasteiger partial charge in [-0.25, -0.2) is 4.98 Å². The van der Waals surface area contributed by atoms with Crippen LogP contribution in [0.25, 0.3) is 0 Å². The first kappa shape index (κ1) is 19.3. The van der Waals surface area contributed by atoms with Crippen LogP contribution in [0.3, 0.4) is 0 Å². The molecule has 5 heteroatoms. The molecule has 1 aromatic carbocycles. The fourth-order valence-corrected chi connectivity index (χ4v) is 2.99. The zero-order valence-electron chi connectivity index (χ0n) is 14.3. The van der Waals surface area contributed by atoms with Crippen LogP contribution >= 0.6 is 23.2 Å². The van der Waals surface area contributed by atoms with Gasteiger partial charge in [-0.05, 0) is 30.5 Å². The molecule has 0 saturated heterocycles. The van der Waals surface area contributed by atoms with Gasteiger partial charge in [-0.2, -0.15) is 0 Å². The summed E-state index contributed by atoms with van der Waals surface area (Å²) in [5.41, 5.74) is 1.06. The number of ether oxygens (including phenoxy) is 1. The van der Waals surface area contributed by atoms with Gasteiger partial charge in [-0.3, -0.25) is 0 Å². The Labute approximate surface area is 154 Å². The lowest BCUT2D eigenvalue weighted by Gasteiger charge is -2.18. The third-order valence-electron chi connectivity index (χ3n) is 4.12. The van der Waals surface area contributed by atoms with E-state index in [9.17, 15) is 0 Å². The van der Waals surface area contributed by atoms with Gasteiger partial charge in [-0.15, -0.1) is 0 Å². The molecule has 1 unspecified atom stereocenters. The van der Waals surface area contributed by atoms with Crippen LogP contribution in [-0.4, -0.2) is 15.7 Å². The average Bonchev–Trinajstić information content (AvgIpc) is 3.10. The molecule has 0 amide bonds. The van der Waals surface area contributed by atoms with Crippen molar-refractivity contribution in [3.05, 3.63) is 52.5 Å². The van der Waals surface area contributed by atoms with Crippen LogP contribution in [0.1, 0.15) is 51.0 Å². The van der Waals surface area contributed by atoms with Gasteiger partial charge in [-0.1, -0.05) is 61.9 Å². The maximum atomic E-state index is 6.17. The molecule has 0 spiro atoms. The number of unbranched alkanes of at least 4 members (excludes halogenated alkanes) is 3. The van der Waals surface area contributed by atoms with E-state index in [0.29, 0.717) is 16.7 Å². The molecule has 0 radical (unpaired) electrons. The second-order valence-corrected chi connectivity index (χ2v) is 6.93. The van der Waals surface area contributed by atoms with Crippen LogP contribution in [0.2, 0.25) is 10.0 Å². The Morgan fingerprint density at radius 1 is 1.12 bits per heavy atom. The van der Waals surface area contributed by atoms with Gasteiger partial charge in [0.1, 0.15) is 0 Å². The van der Waals surface area contributed by atoms with Crippen LogP contribution in [-0.2, 0) is 17.9 Å². The molecule has 0 aliphatic heterocycles. The zero-order chi connectivity index (χ0) is 17.2. The third kappa shape index (κ3) is 6.84. The fourth-order valence-electron chi connectivity index (χ4n) is 2.67. The van der Waals surface area contributed by atoms with E-state index in [4.69, 9.17) is 27.9 Å². The molecule has 1 atom stereocenters. The minimum atomic E-state index is 0.249. The van der Waals surface area contributed by atoms with Crippen molar-refractivity contribution in [2.75, 3.05) is 0 Å². The largest absolute Gasteiger partial charge is 0.373 e. The molecule has 2 aromatic rings. The SMILES string of the molecule is CCCCCCC(CCn1ccnc1)OCc1ccc(Cl)c(Cl)c1. The van der Waals surface area contributed by atoms with Crippen molar-refractivity contribution in [2.45, 2.75) is 64.7 Å².